The highest BCUT2D eigenvalue weighted by Crippen LogP contribution is 2.14. The van der Waals surface area contributed by atoms with Crippen molar-refractivity contribution in [1.82, 2.24) is 9.80 Å². The van der Waals surface area contributed by atoms with Crippen LogP contribution in [0.2, 0.25) is 5.02 Å². The third-order valence-corrected chi connectivity index (χ3v) is 3.41. The molecule has 1 N–H and O–H groups in total. The van der Waals surface area contributed by atoms with Crippen molar-refractivity contribution in [3.05, 3.63) is 29.3 Å². The van der Waals surface area contributed by atoms with Crippen molar-refractivity contribution in [1.29, 1.82) is 0 Å². The predicted octanol–water partition coefficient (Wildman–Crippen LogP) is 2.00. The first-order chi connectivity index (χ1) is 8.24. The molecule has 0 amide bonds. The molecule has 0 aromatic heterocycles. The van der Waals surface area contributed by atoms with Gasteiger partial charge in [-0.3, -0.25) is 4.90 Å². The molecule has 17 heavy (non-hydrogen) atoms. The molecule has 4 heteroatoms. The predicted molar refractivity (Wildman–Crippen MR) is 73.9 cm³/mol. The monoisotopic (exact) mass is 253 g/mol. The number of nitrogens with zero attached hydrogens (tertiary/aromatic N) is 2. The van der Waals surface area contributed by atoms with Crippen LogP contribution in [0.25, 0.3) is 0 Å². The normalized spacial score (nSPS) is 18.2. The molecule has 0 radical (unpaired) electrons. The standard InChI is InChI=1S/C13H20ClN3/c1-16-7-9-17(10-8-16)6-5-15-13-4-2-3-12(14)11-13/h2-4,11,15H,5-10H2,1H3. The molecule has 0 aliphatic carbocycles. The average Bonchev–Trinajstić information content (AvgIpc) is 2.32. The summed E-state index contributed by atoms with van der Waals surface area (Å²) in [5, 5.41) is 4.19. The fourth-order valence-electron chi connectivity index (χ4n) is 2.03. The number of piperazine rings is 1. The Hall–Kier alpha value is -0.770. The van der Waals surface area contributed by atoms with Crippen molar-refractivity contribution in [3.63, 3.8) is 0 Å². The Balaban J connectivity index is 1.69. The van der Waals surface area contributed by atoms with Gasteiger partial charge >= 0.3 is 0 Å². The van der Waals surface area contributed by atoms with E-state index in [-0.39, 0.29) is 0 Å². The number of anilines is 1. The SMILES string of the molecule is CN1CCN(CCNc2cccc(Cl)c2)CC1. The Labute approximate surface area is 108 Å². The Kier molecular flexibility index (Phi) is 4.66. The molecule has 2 rings (SSSR count). The highest BCUT2D eigenvalue weighted by molar-refractivity contribution is 6.30. The Morgan fingerprint density at radius 1 is 1.24 bits per heavy atom. The van der Waals surface area contributed by atoms with E-state index in [1.54, 1.807) is 0 Å². The smallest absolute Gasteiger partial charge is 0.0426 e. The second-order valence-electron chi connectivity index (χ2n) is 4.58. The van der Waals surface area contributed by atoms with E-state index in [1.807, 2.05) is 18.2 Å². The van der Waals surface area contributed by atoms with E-state index in [2.05, 4.69) is 28.2 Å². The minimum atomic E-state index is 0.787. The van der Waals surface area contributed by atoms with E-state index in [0.29, 0.717) is 0 Å². The third kappa shape index (κ3) is 4.19. The summed E-state index contributed by atoms with van der Waals surface area (Å²) in [5.41, 5.74) is 1.10. The van der Waals surface area contributed by atoms with Gasteiger partial charge in [0.05, 0.1) is 0 Å². The van der Waals surface area contributed by atoms with Gasteiger partial charge in [0.15, 0.2) is 0 Å². The van der Waals surface area contributed by atoms with Crippen LogP contribution in [0.5, 0.6) is 0 Å². The van der Waals surface area contributed by atoms with Crippen LogP contribution in [0.4, 0.5) is 5.69 Å². The van der Waals surface area contributed by atoms with Crippen LogP contribution in [0.1, 0.15) is 0 Å². The van der Waals surface area contributed by atoms with Crippen LogP contribution < -0.4 is 5.32 Å². The molecule has 0 unspecified atom stereocenters. The number of benzene rings is 1. The van der Waals surface area contributed by atoms with Crippen LogP contribution in [-0.2, 0) is 0 Å². The largest absolute Gasteiger partial charge is 0.384 e. The lowest BCUT2D eigenvalue weighted by Crippen LogP contribution is -2.45. The van der Waals surface area contributed by atoms with Gasteiger partial charge in [0.1, 0.15) is 0 Å². The molecule has 94 valence electrons. The van der Waals surface area contributed by atoms with Gasteiger partial charge in [0.25, 0.3) is 0 Å². The molecule has 1 aliphatic rings. The summed E-state index contributed by atoms with van der Waals surface area (Å²) in [6.45, 7) is 6.78. The van der Waals surface area contributed by atoms with Gasteiger partial charge in [-0.2, -0.15) is 0 Å². The van der Waals surface area contributed by atoms with Gasteiger partial charge in [0.2, 0.25) is 0 Å². The van der Waals surface area contributed by atoms with Gasteiger partial charge in [0, 0.05) is 50.0 Å². The van der Waals surface area contributed by atoms with E-state index < -0.39 is 0 Å². The minimum absolute atomic E-state index is 0.787. The van der Waals surface area contributed by atoms with Crippen molar-refractivity contribution < 1.29 is 0 Å². The van der Waals surface area contributed by atoms with E-state index in [9.17, 15) is 0 Å². The van der Waals surface area contributed by atoms with Gasteiger partial charge in [-0.05, 0) is 25.2 Å². The van der Waals surface area contributed by atoms with Gasteiger partial charge in [-0.25, -0.2) is 0 Å². The molecule has 1 aromatic rings. The van der Waals surface area contributed by atoms with Crippen molar-refractivity contribution in [3.8, 4) is 0 Å². The first kappa shape index (κ1) is 12.7. The zero-order valence-corrected chi connectivity index (χ0v) is 11.1. The molecule has 1 saturated heterocycles. The zero-order chi connectivity index (χ0) is 12.1. The first-order valence-electron chi connectivity index (χ1n) is 6.14. The summed E-state index contributed by atoms with van der Waals surface area (Å²) >= 11 is 5.93. The first-order valence-corrected chi connectivity index (χ1v) is 6.52. The Bertz CT molecular complexity index is 348. The minimum Gasteiger partial charge on any atom is -0.384 e. The van der Waals surface area contributed by atoms with E-state index >= 15 is 0 Å². The summed E-state index contributed by atoms with van der Waals surface area (Å²) in [5.74, 6) is 0. The number of hydrogen-bond donors (Lipinski definition) is 1. The molecule has 1 aromatic carbocycles. The molecule has 1 heterocycles. The van der Waals surface area contributed by atoms with E-state index in [4.69, 9.17) is 11.6 Å². The molecular formula is C13H20ClN3. The van der Waals surface area contributed by atoms with Crippen LogP contribution >= 0.6 is 11.6 Å². The van der Waals surface area contributed by atoms with Gasteiger partial charge in [-0.1, -0.05) is 17.7 Å². The lowest BCUT2D eigenvalue weighted by Gasteiger charge is -2.32. The highest BCUT2D eigenvalue weighted by Gasteiger charge is 2.12. The third-order valence-electron chi connectivity index (χ3n) is 3.18. The molecule has 0 atom stereocenters. The molecular weight excluding hydrogens is 234 g/mol. The quantitative estimate of drug-likeness (QED) is 0.886. The summed E-state index contributed by atoms with van der Waals surface area (Å²) in [4.78, 5) is 4.87. The topological polar surface area (TPSA) is 18.5 Å². The second kappa shape index (κ2) is 6.24. The molecule has 0 bridgehead atoms. The maximum absolute atomic E-state index is 5.93. The Morgan fingerprint density at radius 3 is 2.71 bits per heavy atom. The number of rotatable bonds is 4. The molecule has 1 fully saturated rings. The molecule has 1 aliphatic heterocycles. The lowest BCUT2D eigenvalue weighted by atomic mass is 10.3. The maximum Gasteiger partial charge on any atom is 0.0426 e. The Morgan fingerprint density at radius 2 is 2.00 bits per heavy atom. The fraction of sp³-hybridized carbons (Fsp3) is 0.538. The zero-order valence-electron chi connectivity index (χ0n) is 10.3. The van der Waals surface area contributed by atoms with Crippen LogP contribution in [0.3, 0.4) is 0 Å². The number of likely N-dealkylation sites (N-methyl/N-ethyl adjacent to an activating group) is 1. The van der Waals surface area contributed by atoms with E-state index in [1.165, 1.54) is 26.2 Å². The fourth-order valence-corrected chi connectivity index (χ4v) is 2.22. The number of hydrogen-bond acceptors (Lipinski definition) is 3. The summed E-state index contributed by atoms with van der Waals surface area (Å²) < 4.78 is 0. The van der Waals surface area contributed by atoms with Crippen LogP contribution in [0, 0.1) is 0 Å². The lowest BCUT2D eigenvalue weighted by molar-refractivity contribution is 0.158. The summed E-state index contributed by atoms with van der Waals surface area (Å²) in [7, 11) is 2.18. The van der Waals surface area contributed by atoms with Gasteiger partial charge < -0.3 is 10.2 Å². The van der Waals surface area contributed by atoms with Crippen LogP contribution in [-0.4, -0.2) is 56.1 Å². The number of nitrogens with one attached hydrogen (secondary N) is 1. The van der Waals surface area contributed by atoms with Crippen molar-refractivity contribution in [2.24, 2.45) is 0 Å². The van der Waals surface area contributed by atoms with Crippen molar-refractivity contribution in [2.45, 2.75) is 0 Å². The van der Waals surface area contributed by atoms with E-state index in [0.717, 1.165) is 23.8 Å². The van der Waals surface area contributed by atoms with Crippen LogP contribution in [0.15, 0.2) is 24.3 Å². The highest BCUT2D eigenvalue weighted by atomic mass is 35.5. The summed E-state index contributed by atoms with van der Waals surface area (Å²) in [6, 6.07) is 7.88. The van der Waals surface area contributed by atoms with Crippen molar-refractivity contribution in [2.75, 3.05) is 51.6 Å². The maximum atomic E-state index is 5.93. The second-order valence-corrected chi connectivity index (χ2v) is 5.02. The molecule has 3 nitrogen and oxygen atoms in total. The molecule has 0 saturated carbocycles. The molecule has 0 spiro atoms. The average molecular weight is 254 g/mol. The van der Waals surface area contributed by atoms with Gasteiger partial charge in [-0.15, -0.1) is 0 Å². The summed E-state index contributed by atoms with van der Waals surface area (Å²) in [6.07, 6.45) is 0. The number of halogens is 1. The van der Waals surface area contributed by atoms with Crippen molar-refractivity contribution >= 4 is 17.3 Å².